The molecule has 1 aliphatic carbocycles. The largest absolute Gasteiger partial charge is 0.454 e. The molecule has 2 aliphatic rings. The van der Waals surface area contributed by atoms with Crippen molar-refractivity contribution >= 4 is 5.91 Å². The Kier molecular flexibility index (Phi) is 3.82. The number of rotatable bonds is 5. The zero-order valence-electron chi connectivity index (χ0n) is 14.9. The number of hydrogen-bond donors (Lipinski definition) is 1. The second kappa shape index (κ2) is 6.37. The monoisotopic (exact) mass is 380 g/mol. The van der Waals surface area contributed by atoms with Crippen LogP contribution in [0.25, 0.3) is 11.3 Å². The Hall–Kier alpha value is -3.35. The lowest BCUT2D eigenvalue weighted by Crippen LogP contribution is -2.34. The molecule has 2 heterocycles. The van der Waals surface area contributed by atoms with E-state index in [0.717, 1.165) is 5.56 Å². The summed E-state index contributed by atoms with van der Waals surface area (Å²) in [6.07, 6.45) is 1.37. The van der Waals surface area contributed by atoms with Crippen LogP contribution < -0.4 is 14.8 Å². The van der Waals surface area contributed by atoms with Crippen LogP contribution in [-0.2, 0) is 16.8 Å². The summed E-state index contributed by atoms with van der Waals surface area (Å²) >= 11 is 0. The molecule has 7 heteroatoms. The summed E-state index contributed by atoms with van der Waals surface area (Å²) in [4.78, 5) is 12.8. The van der Waals surface area contributed by atoms with E-state index < -0.39 is 5.41 Å². The van der Waals surface area contributed by atoms with Gasteiger partial charge in [-0.3, -0.25) is 4.79 Å². The maximum absolute atomic E-state index is 13.8. The van der Waals surface area contributed by atoms with Gasteiger partial charge in [0.25, 0.3) is 0 Å². The van der Waals surface area contributed by atoms with Gasteiger partial charge in [-0.25, -0.2) is 4.39 Å². The molecule has 0 radical (unpaired) electrons. The maximum Gasteiger partial charge on any atom is 0.232 e. The third-order valence-corrected chi connectivity index (χ3v) is 5.24. The van der Waals surface area contributed by atoms with E-state index >= 15 is 0 Å². The predicted molar refractivity (Wildman–Crippen MR) is 97.2 cm³/mol. The molecule has 1 fully saturated rings. The second-order valence-corrected chi connectivity index (χ2v) is 7.00. The molecule has 1 aliphatic heterocycles. The molecule has 0 spiro atoms. The highest BCUT2D eigenvalue weighted by atomic mass is 19.1. The van der Waals surface area contributed by atoms with Gasteiger partial charge in [-0.05, 0) is 37.1 Å². The molecule has 1 amide bonds. The lowest BCUT2D eigenvalue weighted by atomic mass is 10.00. The van der Waals surface area contributed by atoms with E-state index in [-0.39, 0.29) is 25.1 Å². The van der Waals surface area contributed by atoms with Crippen molar-refractivity contribution in [3.05, 3.63) is 65.6 Å². The van der Waals surface area contributed by atoms with Gasteiger partial charge in [-0.1, -0.05) is 23.4 Å². The van der Waals surface area contributed by atoms with E-state index in [0.29, 0.717) is 41.4 Å². The van der Waals surface area contributed by atoms with Gasteiger partial charge in [0, 0.05) is 23.7 Å². The van der Waals surface area contributed by atoms with Crippen LogP contribution in [0.5, 0.6) is 11.5 Å². The van der Waals surface area contributed by atoms with E-state index in [1.807, 2.05) is 18.2 Å². The first-order valence-electron chi connectivity index (χ1n) is 9.05. The van der Waals surface area contributed by atoms with Gasteiger partial charge in [0.1, 0.15) is 5.82 Å². The molecule has 28 heavy (non-hydrogen) atoms. The SMILES string of the molecule is O=C(NCc1ccccc1F)C1(c2cc(-c3ccc4c(c3)OCO4)on2)CC1. The minimum Gasteiger partial charge on any atom is -0.454 e. The Labute approximate surface area is 160 Å². The summed E-state index contributed by atoms with van der Waals surface area (Å²) in [7, 11) is 0. The van der Waals surface area contributed by atoms with Gasteiger partial charge >= 0.3 is 0 Å². The van der Waals surface area contributed by atoms with E-state index in [2.05, 4.69) is 10.5 Å². The fourth-order valence-corrected chi connectivity index (χ4v) is 3.40. The van der Waals surface area contributed by atoms with Crippen LogP contribution in [0.15, 0.2) is 53.1 Å². The third kappa shape index (κ3) is 2.79. The Morgan fingerprint density at radius 2 is 1.93 bits per heavy atom. The quantitative estimate of drug-likeness (QED) is 0.733. The number of nitrogens with zero attached hydrogens (tertiary/aromatic N) is 1. The van der Waals surface area contributed by atoms with Crippen molar-refractivity contribution in [3.63, 3.8) is 0 Å². The molecule has 1 N–H and O–H groups in total. The molecule has 2 aromatic carbocycles. The van der Waals surface area contributed by atoms with Crippen LogP contribution in [0.1, 0.15) is 24.1 Å². The molecular formula is C21H17FN2O4. The van der Waals surface area contributed by atoms with Crippen molar-refractivity contribution in [2.24, 2.45) is 0 Å². The Morgan fingerprint density at radius 1 is 1.11 bits per heavy atom. The number of nitrogens with one attached hydrogen (secondary N) is 1. The fraction of sp³-hybridized carbons (Fsp3) is 0.238. The number of fused-ring (bicyclic) bond motifs is 1. The van der Waals surface area contributed by atoms with E-state index in [9.17, 15) is 9.18 Å². The third-order valence-electron chi connectivity index (χ3n) is 5.24. The lowest BCUT2D eigenvalue weighted by molar-refractivity contribution is -0.123. The van der Waals surface area contributed by atoms with Crippen molar-refractivity contribution in [2.45, 2.75) is 24.8 Å². The van der Waals surface area contributed by atoms with E-state index in [4.69, 9.17) is 14.0 Å². The first kappa shape index (κ1) is 16.8. The summed E-state index contributed by atoms with van der Waals surface area (Å²) in [5.41, 5.74) is 1.13. The van der Waals surface area contributed by atoms with E-state index in [1.54, 1.807) is 24.3 Å². The average Bonchev–Trinajstić information content (AvgIpc) is 3.15. The van der Waals surface area contributed by atoms with Crippen LogP contribution in [0.3, 0.4) is 0 Å². The van der Waals surface area contributed by atoms with Crippen LogP contribution in [0, 0.1) is 5.82 Å². The minimum absolute atomic E-state index is 0.139. The number of benzene rings is 2. The molecule has 1 aromatic heterocycles. The lowest BCUT2D eigenvalue weighted by Gasteiger charge is -2.12. The topological polar surface area (TPSA) is 73.6 Å². The highest BCUT2D eigenvalue weighted by Gasteiger charge is 2.53. The maximum atomic E-state index is 13.8. The molecule has 0 bridgehead atoms. The molecule has 3 aromatic rings. The smallest absolute Gasteiger partial charge is 0.232 e. The van der Waals surface area contributed by atoms with Crippen molar-refractivity contribution in [1.82, 2.24) is 10.5 Å². The van der Waals surface area contributed by atoms with Crippen molar-refractivity contribution in [2.75, 3.05) is 6.79 Å². The second-order valence-electron chi connectivity index (χ2n) is 7.00. The van der Waals surface area contributed by atoms with Crippen LogP contribution in [0.4, 0.5) is 4.39 Å². The van der Waals surface area contributed by atoms with Crippen molar-refractivity contribution in [1.29, 1.82) is 0 Å². The number of carbonyl (C=O) groups excluding carboxylic acids is 1. The van der Waals surface area contributed by atoms with Gasteiger partial charge < -0.3 is 19.3 Å². The summed E-state index contributed by atoms with van der Waals surface area (Å²) in [5, 5.41) is 6.96. The number of hydrogen-bond acceptors (Lipinski definition) is 5. The van der Waals surface area contributed by atoms with Crippen molar-refractivity contribution < 1.29 is 23.2 Å². The Balaban J connectivity index is 1.33. The number of aromatic nitrogens is 1. The summed E-state index contributed by atoms with van der Waals surface area (Å²) in [5.74, 6) is 1.40. The normalized spacial score (nSPS) is 16.0. The number of carbonyl (C=O) groups is 1. The van der Waals surface area contributed by atoms with Crippen LogP contribution >= 0.6 is 0 Å². The number of ether oxygens (including phenoxy) is 2. The zero-order valence-corrected chi connectivity index (χ0v) is 14.9. The standard InChI is InChI=1S/C21H17FN2O4/c22-15-4-2-1-3-14(15)11-23-20(25)21(7-8-21)19-10-17(28-24-19)13-5-6-16-18(9-13)27-12-26-16/h1-6,9-10H,7-8,11-12H2,(H,23,25). The van der Waals surface area contributed by atoms with Crippen LogP contribution in [-0.4, -0.2) is 17.9 Å². The fourth-order valence-electron chi connectivity index (χ4n) is 3.40. The molecule has 0 unspecified atom stereocenters. The molecule has 1 saturated carbocycles. The highest BCUT2D eigenvalue weighted by Crippen LogP contribution is 2.49. The van der Waals surface area contributed by atoms with Crippen LogP contribution in [0.2, 0.25) is 0 Å². The summed E-state index contributed by atoms with van der Waals surface area (Å²) in [6, 6.07) is 13.7. The first-order chi connectivity index (χ1) is 13.7. The van der Waals surface area contributed by atoms with Gasteiger partial charge in [-0.2, -0.15) is 0 Å². The van der Waals surface area contributed by atoms with Gasteiger partial charge in [-0.15, -0.1) is 0 Å². The van der Waals surface area contributed by atoms with Gasteiger partial charge in [0.2, 0.25) is 12.7 Å². The molecule has 0 atom stereocenters. The molecule has 5 rings (SSSR count). The Morgan fingerprint density at radius 3 is 2.75 bits per heavy atom. The first-order valence-corrected chi connectivity index (χ1v) is 9.05. The zero-order chi connectivity index (χ0) is 19.1. The number of halogens is 1. The predicted octanol–water partition coefficient (Wildman–Crippen LogP) is 3.56. The molecule has 6 nitrogen and oxygen atoms in total. The minimum atomic E-state index is -0.705. The summed E-state index contributed by atoms with van der Waals surface area (Å²) in [6.45, 7) is 0.339. The van der Waals surface area contributed by atoms with Gasteiger partial charge in [0.15, 0.2) is 17.3 Å². The highest BCUT2D eigenvalue weighted by molar-refractivity contribution is 5.91. The summed E-state index contributed by atoms with van der Waals surface area (Å²) < 4.78 is 29.9. The average molecular weight is 380 g/mol. The molecular weight excluding hydrogens is 363 g/mol. The van der Waals surface area contributed by atoms with Gasteiger partial charge in [0.05, 0.1) is 11.1 Å². The van der Waals surface area contributed by atoms with E-state index in [1.165, 1.54) is 6.07 Å². The Bertz CT molecular complexity index is 1060. The van der Waals surface area contributed by atoms with Crippen molar-refractivity contribution in [3.8, 4) is 22.8 Å². The number of amides is 1. The molecule has 142 valence electrons. The molecule has 0 saturated heterocycles.